The molecule has 1 N–H and O–H groups in total. The average molecular weight is 537 g/mol. The van der Waals surface area contributed by atoms with E-state index in [1.54, 1.807) is 11.9 Å². The third-order valence-electron chi connectivity index (χ3n) is 8.53. The molecule has 206 valence electrons. The fourth-order valence-corrected chi connectivity index (χ4v) is 7.44. The fraction of sp³-hybridized carbons (Fsp3) is 0.594. The van der Waals surface area contributed by atoms with Crippen LogP contribution in [0.15, 0.2) is 47.4 Å². The van der Waals surface area contributed by atoms with Crippen molar-refractivity contribution in [2.45, 2.75) is 89.2 Å². The lowest BCUT2D eigenvalue weighted by molar-refractivity contribution is -0.137. The van der Waals surface area contributed by atoms with E-state index in [9.17, 15) is 9.90 Å². The molecule has 1 saturated heterocycles. The zero-order chi connectivity index (χ0) is 26.6. The number of amides is 1. The maximum Gasteiger partial charge on any atom is 0.225 e. The second-order valence-corrected chi connectivity index (χ2v) is 12.9. The molecule has 0 aromatic heterocycles. The number of ether oxygens (including phenoxy) is 1. The highest BCUT2D eigenvalue weighted by Crippen LogP contribution is 2.42. The molecule has 0 spiro atoms. The predicted octanol–water partition coefficient (Wildman–Crippen LogP) is 7.03. The summed E-state index contributed by atoms with van der Waals surface area (Å²) >= 11 is 1.73. The fourth-order valence-electron chi connectivity index (χ4n) is 6.27. The number of nitrogens with zero attached hydrogens (tertiary/aromatic N) is 2. The molecule has 1 saturated carbocycles. The van der Waals surface area contributed by atoms with Crippen LogP contribution >= 0.6 is 11.9 Å². The molecule has 2 aliphatic heterocycles. The van der Waals surface area contributed by atoms with E-state index < -0.39 is 6.10 Å². The van der Waals surface area contributed by atoms with Crippen molar-refractivity contribution in [3.05, 3.63) is 53.6 Å². The van der Waals surface area contributed by atoms with Gasteiger partial charge in [0.2, 0.25) is 5.91 Å². The van der Waals surface area contributed by atoms with Crippen LogP contribution in [0.5, 0.6) is 5.75 Å². The number of hydrogen-bond acceptors (Lipinski definition) is 5. The standard InChI is InChI=1S/C32H44N2O3S/c1-4-23-9-11-26(12-10-23)34(21-22(2)3)38-27-13-14-30-28(19-27)29(35)20-31(37-30)24-15-17-33(18-16-24)32(36)25-7-5-6-8-25/h9-14,19,22,24-25,29,31,35H,4-8,15-18,20-21H2,1-3H3. The maximum absolute atomic E-state index is 12.8. The van der Waals surface area contributed by atoms with Gasteiger partial charge in [0.1, 0.15) is 11.9 Å². The molecular formula is C32H44N2O3S. The van der Waals surface area contributed by atoms with Crippen LogP contribution in [0, 0.1) is 17.8 Å². The number of piperidine rings is 1. The number of aliphatic hydroxyl groups is 1. The summed E-state index contributed by atoms with van der Waals surface area (Å²) in [5, 5.41) is 11.2. The van der Waals surface area contributed by atoms with E-state index in [1.165, 1.54) is 24.1 Å². The Balaban J connectivity index is 1.22. The maximum atomic E-state index is 12.8. The van der Waals surface area contributed by atoms with E-state index in [0.29, 0.717) is 24.2 Å². The van der Waals surface area contributed by atoms with Crippen molar-refractivity contribution >= 4 is 23.5 Å². The van der Waals surface area contributed by atoms with E-state index in [0.717, 1.165) is 67.9 Å². The molecule has 0 radical (unpaired) electrons. The quantitative estimate of drug-likeness (QED) is 0.367. The van der Waals surface area contributed by atoms with Crippen molar-refractivity contribution in [3.63, 3.8) is 0 Å². The molecule has 6 heteroatoms. The molecule has 3 aliphatic rings. The number of fused-ring (bicyclic) bond motifs is 1. The van der Waals surface area contributed by atoms with Crippen LogP contribution in [0.4, 0.5) is 5.69 Å². The Kier molecular flexibility index (Phi) is 8.89. The lowest BCUT2D eigenvalue weighted by Crippen LogP contribution is -2.45. The molecule has 38 heavy (non-hydrogen) atoms. The second-order valence-electron chi connectivity index (χ2n) is 11.8. The number of rotatable bonds is 8. The number of likely N-dealkylation sites (tertiary alicyclic amines) is 1. The molecular weight excluding hydrogens is 492 g/mol. The summed E-state index contributed by atoms with van der Waals surface area (Å²) < 4.78 is 8.84. The third-order valence-corrected chi connectivity index (χ3v) is 9.58. The SMILES string of the molecule is CCc1ccc(N(CC(C)C)Sc2ccc3c(c2)C(O)CC(C2CCN(C(=O)C4CCCC4)CC2)O3)cc1. The molecule has 2 aromatic rings. The van der Waals surface area contributed by atoms with Gasteiger partial charge in [-0.25, -0.2) is 0 Å². The minimum absolute atomic E-state index is 0.00857. The number of benzene rings is 2. The first-order chi connectivity index (χ1) is 18.4. The highest BCUT2D eigenvalue weighted by molar-refractivity contribution is 8.00. The minimum atomic E-state index is -0.523. The largest absolute Gasteiger partial charge is 0.490 e. The van der Waals surface area contributed by atoms with E-state index in [4.69, 9.17) is 4.74 Å². The van der Waals surface area contributed by atoms with E-state index >= 15 is 0 Å². The van der Waals surface area contributed by atoms with Crippen LogP contribution in [0.3, 0.4) is 0 Å². The van der Waals surface area contributed by atoms with E-state index in [1.807, 2.05) is 6.07 Å². The van der Waals surface area contributed by atoms with Crippen molar-refractivity contribution in [1.29, 1.82) is 0 Å². The lowest BCUT2D eigenvalue weighted by Gasteiger charge is -2.40. The zero-order valence-electron chi connectivity index (χ0n) is 23.3. The van der Waals surface area contributed by atoms with Crippen LogP contribution < -0.4 is 9.04 Å². The van der Waals surface area contributed by atoms with Crippen molar-refractivity contribution in [2.75, 3.05) is 23.9 Å². The van der Waals surface area contributed by atoms with Gasteiger partial charge >= 0.3 is 0 Å². The summed E-state index contributed by atoms with van der Waals surface area (Å²) in [5.74, 6) is 2.34. The monoisotopic (exact) mass is 536 g/mol. The van der Waals surface area contributed by atoms with Crippen molar-refractivity contribution < 1.29 is 14.6 Å². The van der Waals surface area contributed by atoms with Gasteiger partial charge in [0, 0.05) is 48.1 Å². The molecule has 2 aromatic carbocycles. The van der Waals surface area contributed by atoms with Gasteiger partial charge in [-0.05, 0) is 91.8 Å². The molecule has 2 atom stereocenters. The van der Waals surface area contributed by atoms with Gasteiger partial charge in [-0.1, -0.05) is 45.7 Å². The smallest absolute Gasteiger partial charge is 0.225 e. The van der Waals surface area contributed by atoms with Crippen LogP contribution in [0.2, 0.25) is 0 Å². The van der Waals surface area contributed by atoms with Crippen molar-refractivity contribution in [1.82, 2.24) is 4.90 Å². The Morgan fingerprint density at radius 3 is 2.45 bits per heavy atom. The highest BCUT2D eigenvalue weighted by Gasteiger charge is 2.37. The minimum Gasteiger partial charge on any atom is -0.490 e. The Labute approximate surface area is 233 Å². The molecule has 2 heterocycles. The Morgan fingerprint density at radius 1 is 1.08 bits per heavy atom. The summed E-state index contributed by atoms with van der Waals surface area (Å²) in [6.07, 6.45) is 7.58. The highest BCUT2D eigenvalue weighted by atomic mass is 32.2. The summed E-state index contributed by atoms with van der Waals surface area (Å²) in [5.41, 5.74) is 3.44. The number of hydrogen-bond donors (Lipinski definition) is 1. The molecule has 5 nitrogen and oxygen atoms in total. The summed E-state index contributed by atoms with van der Waals surface area (Å²) in [7, 11) is 0. The van der Waals surface area contributed by atoms with Crippen molar-refractivity contribution in [2.24, 2.45) is 17.8 Å². The average Bonchev–Trinajstić information content (AvgIpc) is 3.48. The zero-order valence-corrected chi connectivity index (χ0v) is 24.1. The van der Waals surface area contributed by atoms with Gasteiger partial charge in [0.05, 0.1) is 6.10 Å². The number of anilines is 1. The molecule has 1 amide bonds. The van der Waals surface area contributed by atoms with Crippen LogP contribution in [-0.2, 0) is 11.2 Å². The molecule has 2 fully saturated rings. The normalized spacial score (nSPS) is 22.4. The van der Waals surface area contributed by atoms with Gasteiger partial charge < -0.3 is 19.0 Å². The van der Waals surface area contributed by atoms with Gasteiger partial charge in [-0.3, -0.25) is 4.79 Å². The van der Waals surface area contributed by atoms with Crippen LogP contribution in [-0.4, -0.2) is 41.7 Å². The molecule has 1 aliphatic carbocycles. The number of aryl methyl sites for hydroxylation is 1. The summed E-state index contributed by atoms with van der Waals surface area (Å²) in [6.45, 7) is 9.26. The van der Waals surface area contributed by atoms with Crippen LogP contribution in [0.1, 0.15) is 82.9 Å². The first-order valence-electron chi connectivity index (χ1n) is 14.7. The topological polar surface area (TPSA) is 53.0 Å². The summed E-state index contributed by atoms with van der Waals surface area (Å²) in [4.78, 5) is 16.0. The van der Waals surface area contributed by atoms with Gasteiger partial charge in [-0.15, -0.1) is 0 Å². The molecule has 0 bridgehead atoms. The summed E-state index contributed by atoms with van der Waals surface area (Å²) in [6, 6.07) is 15.1. The first kappa shape index (κ1) is 27.4. The van der Waals surface area contributed by atoms with E-state index in [-0.39, 0.29) is 12.0 Å². The third kappa shape index (κ3) is 6.34. The van der Waals surface area contributed by atoms with Gasteiger partial charge in [0.15, 0.2) is 0 Å². The second kappa shape index (κ2) is 12.3. The number of carbonyl (C=O) groups excluding carboxylic acids is 1. The first-order valence-corrected chi connectivity index (χ1v) is 15.5. The molecule has 2 unspecified atom stereocenters. The Morgan fingerprint density at radius 2 is 1.79 bits per heavy atom. The Bertz CT molecular complexity index is 1070. The number of aliphatic hydroxyl groups excluding tert-OH is 1. The van der Waals surface area contributed by atoms with Gasteiger partial charge in [0.25, 0.3) is 0 Å². The van der Waals surface area contributed by atoms with Crippen molar-refractivity contribution in [3.8, 4) is 5.75 Å². The lowest BCUT2D eigenvalue weighted by atomic mass is 9.85. The Hall–Kier alpha value is -2.18. The number of carbonyl (C=O) groups is 1. The molecule has 5 rings (SSSR count). The van der Waals surface area contributed by atoms with Crippen LogP contribution in [0.25, 0.3) is 0 Å². The van der Waals surface area contributed by atoms with E-state index in [2.05, 4.69) is 66.4 Å². The van der Waals surface area contributed by atoms with Gasteiger partial charge in [-0.2, -0.15) is 0 Å². The predicted molar refractivity (Wildman–Crippen MR) is 156 cm³/mol.